The van der Waals surface area contributed by atoms with Crippen molar-refractivity contribution in [1.82, 2.24) is 10.2 Å². The third-order valence-electron chi connectivity index (χ3n) is 6.61. The fraction of sp³-hybridized carbons (Fsp3) is 0.522. The summed E-state index contributed by atoms with van der Waals surface area (Å²) in [5.41, 5.74) is 4.53. The average Bonchev–Trinajstić information content (AvgIpc) is 2.76. The molecule has 184 valence electrons. The van der Waals surface area contributed by atoms with Crippen LogP contribution >= 0.6 is 0 Å². The van der Waals surface area contributed by atoms with Gasteiger partial charge in [-0.1, -0.05) is 18.9 Å². The number of ether oxygens (including phenoxy) is 1. The van der Waals surface area contributed by atoms with Crippen LogP contribution in [-0.4, -0.2) is 63.0 Å². The van der Waals surface area contributed by atoms with Crippen molar-refractivity contribution in [2.24, 2.45) is 0 Å². The molecule has 0 radical (unpaired) electrons. The molecule has 3 aliphatic rings. The Kier molecular flexibility index (Phi) is 6.57. The number of phenolic OH excluding ortho intramolecular Hbond substituents is 1. The van der Waals surface area contributed by atoms with E-state index < -0.39 is 12.1 Å². The minimum absolute atomic E-state index is 0.0748. The molecule has 1 aliphatic heterocycles. The Bertz CT molecular complexity index is 1090. The van der Waals surface area contributed by atoms with E-state index in [0.29, 0.717) is 24.6 Å². The molecule has 8 nitrogen and oxygen atoms in total. The summed E-state index contributed by atoms with van der Waals surface area (Å²) in [6.45, 7) is 3.26. The highest BCUT2D eigenvalue weighted by Gasteiger charge is 2.38. The second kappa shape index (κ2) is 9.28. The number of aliphatic hydroxyl groups is 1. The molecule has 1 aromatic heterocycles. The van der Waals surface area contributed by atoms with Crippen LogP contribution in [0.5, 0.6) is 11.5 Å². The molecule has 34 heavy (non-hydrogen) atoms. The number of carboxylic acids is 1. The van der Waals surface area contributed by atoms with Gasteiger partial charge >= 0.3 is 12.1 Å². The van der Waals surface area contributed by atoms with Crippen LogP contribution in [0.2, 0.25) is 0 Å². The maximum absolute atomic E-state index is 10.7. The van der Waals surface area contributed by atoms with Gasteiger partial charge in [-0.05, 0) is 49.8 Å². The van der Waals surface area contributed by atoms with Gasteiger partial charge in [0.15, 0.2) is 11.6 Å². The van der Waals surface area contributed by atoms with Crippen LogP contribution in [0.4, 0.5) is 19.0 Å². The van der Waals surface area contributed by atoms with E-state index in [1.165, 1.54) is 5.56 Å². The Hall–Kier alpha value is -3.08. The van der Waals surface area contributed by atoms with Gasteiger partial charge in [-0.25, -0.2) is 4.79 Å². The van der Waals surface area contributed by atoms with Gasteiger partial charge in [0.2, 0.25) is 0 Å². The van der Waals surface area contributed by atoms with E-state index in [0.717, 1.165) is 66.8 Å². The van der Waals surface area contributed by atoms with Crippen molar-refractivity contribution in [3.63, 3.8) is 0 Å². The summed E-state index contributed by atoms with van der Waals surface area (Å²) in [5, 5.41) is 37.2. The Morgan fingerprint density at radius 3 is 2.50 bits per heavy atom. The number of aromatic nitrogens is 2. The number of carboxylic acid groups (broad SMARTS) is 1. The number of nitrogens with zero attached hydrogens (tertiary/aromatic N) is 3. The smallest absolute Gasteiger partial charge is 0.490 e. The van der Waals surface area contributed by atoms with Gasteiger partial charge in [-0.2, -0.15) is 13.2 Å². The minimum Gasteiger partial charge on any atom is -0.507 e. The molecular formula is C23H26F3N3O5. The highest BCUT2D eigenvalue weighted by Crippen LogP contribution is 2.44. The number of hydrogen-bond donors (Lipinski definition) is 3. The summed E-state index contributed by atoms with van der Waals surface area (Å²) >= 11 is 0. The number of anilines is 1. The molecule has 0 bridgehead atoms. The Morgan fingerprint density at radius 2 is 1.88 bits per heavy atom. The van der Waals surface area contributed by atoms with Gasteiger partial charge in [-0.3, -0.25) is 0 Å². The van der Waals surface area contributed by atoms with Crippen LogP contribution in [-0.2, 0) is 17.6 Å². The molecule has 1 aromatic carbocycles. The number of phenols is 1. The normalized spacial score (nSPS) is 21.3. The van der Waals surface area contributed by atoms with E-state index in [9.17, 15) is 23.4 Å². The van der Waals surface area contributed by atoms with Crippen molar-refractivity contribution in [1.29, 1.82) is 0 Å². The molecule has 2 aromatic rings. The van der Waals surface area contributed by atoms with Crippen LogP contribution in [0.3, 0.4) is 0 Å². The second-order valence-electron chi connectivity index (χ2n) is 8.69. The largest absolute Gasteiger partial charge is 0.507 e. The summed E-state index contributed by atoms with van der Waals surface area (Å²) in [4.78, 5) is 11.1. The molecule has 0 unspecified atom stereocenters. The topological polar surface area (TPSA) is 116 Å². The van der Waals surface area contributed by atoms with Crippen molar-refractivity contribution in [2.45, 2.75) is 63.8 Å². The lowest BCUT2D eigenvalue weighted by molar-refractivity contribution is -0.192. The van der Waals surface area contributed by atoms with E-state index in [1.807, 2.05) is 13.0 Å². The molecule has 0 saturated heterocycles. The standard InChI is InChI=1S/C21H25N3O3.C2HF3O2/c1-12-18(15-9-7-13-6-8-14(13)19(15)26)22-23-21-20(12)27-11-10-24(21)16-4-2-3-5-17(16)25;3-2(4,5)1(6)7/h7,9,16-17,25-26H,2-6,8,10-11H2,1H3;(H,6,7)/t16-,17-;/m1./s1. The monoisotopic (exact) mass is 481 g/mol. The van der Waals surface area contributed by atoms with Gasteiger partial charge < -0.3 is 25.0 Å². The molecule has 2 atom stereocenters. The van der Waals surface area contributed by atoms with Crippen LogP contribution in [0.25, 0.3) is 11.3 Å². The van der Waals surface area contributed by atoms with E-state index in [2.05, 4.69) is 21.2 Å². The number of halogens is 3. The highest BCUT2D eigenvalue weighted by molar-refractivity contribution is 5.77. The predicted octanol–water partition coefficient (Wildman–Crippen LogP) is 3.39. The van der Waals surface area contributed by atoms with Crippen LogP contribution in [0.15, 0.2) is 12.1 Å². The van der Waals surface area contributed by atoms with Crippen molar-refractivity contribution in [3.8, 4) is 22.8 Å². The average molecular weight is 481 g/mol. The maximum Gasteiger partial charge on any atom is 0.490 e. The zero-order valence-electron chi connectivity index (χ0n) is 18.6. The van der Waals surface area contributed by atoms with Crippen LogP contribution < -0.4 is 9.64 Å². The third kappa shape index (κ3) is 4.48. The Morgan fingerprint density at radius 1 is 1.18 bits per heavy atom. The molecular weight excluding hydrogens is 455 g/mol. The minimum atomic E-state index is -5.08. The zero-order chi connectivity index (χ0) is 24.6. The Labute approximate surface area is 194 Å². The summed E-state index contributed by atoms with van der Waals surface area (Å²) in [6, 6.07) is 4.08. The van der Waals surface area contributed by atoms with E-state index in [1.54, 1.807) is 0 Å². The number of aliphatic hydroxyl groups excluding tert-OH is 1. The summed E-state index contributed by atoms with van der Waals surface area (Å²) in [7, 11) is 0. The molecule has 2 heterocycles. The quantitative estimate of drug-likeness (QED) is 0.598. The van der Waals surface area contributed by atoms with Crippen LogP contribution in [0, 0.1) is 6.92 Å². The summed E-state index contributed by atoms with van der Waals surface area (Å²) in [5.74, 6) is -0.984. The van der Waals surface area contributed by atoms with Crippen molar-refractivity contribution in [3.05, 3.63) is 28.8 Å². The summed E-state index contributed by atoms with van der Waals surface area (Å²) in [6.07, 6.45) is 0.539. The van der Waals surface area contributed by atoms with Gasteiger partial charge in [0, 0.05) is 11.1 Å². The fourth-order valence-electron chi connectivity index (χ4n) is 4.70. The number of aromatic hydroxyl groups is 1. The predicted molar refractivity (Wildman–Crippen MR) is 116 cm³/mol. The van der Waals surface area contributed by atoms with Crippen LogP contribution in [0.1, 0.15) is 42.4 Å². The number of carbonyl (C=O) groups is 1. The molecule has 3 N–H and O–H groups in total. The first-order valence-electron chi connectivity index (χ1n) is 11.2. The molecule has 5 rings (SSSR count). The molecule has 11 heteroatoms. The first-order valence-corrected chi connectivity index (χ1v) is 11.2. The van der Waals surface area contributed by atoms with Crippen molar-refractivity contribution < 1.29 is 38.0 Å². The lowest BCUT2D eigenvalue weighted by Gasteiger charge is -2.41. The molecule has 0 spiro atoms. The number of rotatable bonds is 2. The lowest BCUT2D eigenvalue weighted by atomic mass is 9.85. The fourth-order valence-corrected chi connectivity index (χ4v) is 4.70. The second-order valence-corrected chi connectivity index (χ2v) is 8.69. The highest BCUT2D eigenvalue weighted by atomic mass is 19.4. The number of aryl methyl sites for hydroxylation is 1. The van der Waals surface area contributed by atoms with E-state index >= 15 is 0 Å². The van der Waals surface area contributed by atoms with E-state index in [4.69, 9.17) is 14.6 Å². The number of hydrogen-bond acceptors (Lipinski definition) is 7. The number of alkyl halides is 3. The number of aliphatic carboxylic acids is 1. The van der Waals surface area contributed by atoms with Gasteiger partial charge in [0.25, 0.3) is 0 Å². The van der Waals surface area contributed by atoms with Gasteiger partial charge in [0.05, 0.1) is 18.7 Å². The lowest BCUT2D eigenvalue weighted by Crippen LogP contribution is -2.49. The molecule has 1 saturated carbocycles. The SMILES string of the molecule is Cc1c(-c2ccc3c(c2O)CC3)nnc2c1OCCN2[C@@H]1CCCC[C@H]1O.O=C(O)C(F)(F)F. The molecule has 1 fully saturated rings. The summed E-state index contributed by atoms with van der Waals surface area (Å²) < 4.78 is 37.7. The molecule has 0 amide bonds. The van der Waals surface area contributed by atoms with Crippen molar-refractivity contribution in [2.75, 3.05) is 18.1 Å². The molecule has 2 aliphatic carbocycles. The van der Waals surface area contributed by atoms with Gasteiger partial charge in [-0.15, -0.1) is 10.2 Å². The first kappa shape index (κ1) is 24.1. The Balaban J connectivity index is 0.000000344. The number of fused-ring (bicyclic) bond motifs is 2. The maximum atomic E-state index is 10.7. The van der Waals surface area contributed by atoms with E-state index in [-0.39, 0.29) is 12.1 Å². The van der Waals surface area contributed by atoms with Gasteiger partial charge in [0.1, 0.15) is 18.1 Å². The number of benzene rings is 1. The zero-order valence-corrected chi connectivity index (χ0v) is 18.6. The van der Waals surface area contributed by atoms with Crippen molar-refractivity contribution >= 4 is 11.8 Å². The first-order chi connectivity index (χ1) is 16.1. The third-order valence-corrected chi connectivity index (χ3v) is 6.61.